The SMILES string of the molecule is [B]c1ccccc1-c1ccccc1-c1ccccc1. The molecule has 2 radical (unpaired) electrons. The van der Waals surface area contributed by atoms with Gasteiger partial charge in [0, 0.05) is 0 Å². The van der Waals surface area contributed by atoms with Crippen LogP contribution in [0.15, 0.2) is 78.9 Å². The van der Waals surface area contributed by atoms with Crippen molar-refractivity contribution in [3.8, 4) is 22.3 Å². The minimum absolute atomic E-state index is 0.811. The first kappa shape index (κ1) is 11.8. The molecule has 0 nitrogen and oxygen atoms in total. The van der Waals surface area contributed by atoms with Crippen LogP contribution >= 0.6 is 0 Å². The molecule has 19 heavy (non-hydrogen) atoms. The van der Waals surface area contributed by atoms with Crippen molar-refractivity contribution in [2.75, 3.05) is 0 Å². The van der Waals surface area contributed by atoms with Crippen LogP contribution in [-0.2, 0) is 0 Å². The summed E-state index contributed by atoms with van der Waals surface area (Å²) in [6.45, 7) is 0. The van der Waals surface area contributed by atoms with E-state index in [1.54, 1.807) is 0 Å². The summed E-state index contributed by atoms with van der Waals surface area (Å²) >= 11 is 0. The van der Waals surface area contributed by atoms with Gasteiger partial charge in [0.05, 0.1) is 0 Å². The van der Waals surface area contributed by atoms with Crippen LogP contribution in [0.2, 0.25) is 0 Å². The largest absolute Gasteiger partial charge is 0.114 e. The molecule has 0 spiro atoms. The zero-order valence-corrected chi connectivity index (χ0v) is 10.6. The Morgan fingerprint density at radius 3 is 1.68 bits per heavy atom. The summed E-state index contributed by atoms with van der Waals surface area (Å²) in [6, 6.07) is 26.7. The van der Waals surface area contributed by atoms with Crippen LogP contribution in [0.3, 0.4) is 0 Å². The Labute approximate surface area is 115 Å². The second kappa shape index (κ2) is 5.15. The highest BCUT2D eigenvalue weighted by Gasteiger charge is 2.07. The Hall–Kier alpha value is -2.28. The van der Waals surface area contributed by atoms with E-state index < -0.39 is 0 Å². The zero-order chi connectivity index (χ0) is 13.1. The van der Waals surface area contributed by atoms with Gasteiger partial charge in [0.25, 0.3) is 0 Å². The van der Waals surface area contributed by atoms with E-state index in [1.165, 1.54) is 16.7 Å². The molecule has 0 atom stereocenters. The predicted octanol–water partition coefficient (Wildman–Crippen LogP) is 3.81. The first-order valence-corrected chi connectivity index (χ1v) is 6.35. The average Bonchev–Trinajstić information content (AvgIpc) is 2.49. The fourth-order valence-electron chi connectivity index (χ4n) is 2.33. The van der Waals surface area contributed by atoms with Crippen LogP contribution in [-0.4, -0.2) is 7.85 Å². The van der Waals surface area contributed by atoms with Crippen molar-refractivity contribution < 1.29 is 0 Å². The molecule has 3 aromatic carbocycles. The minimum atomic E-state index is 0.811. The molecule has 0 saturated carbocycles. The van der Waals surface area contributed by atoms with Crippen molar-refractivity contribution in [2.45, 2.75) is 0 Å². The summed E-state index contributed by atoms with van der Waals surface area (Å²) in [6.07, 6.45) is 0. The number of hydrogen-bond donors (Lipinski definition) is 0. The highest BCUT2D eigenvalue weighted by molar-refractivity contribution is 6.36. The lowest BCUT2D eigenvalue weighted by Gasteiger charge is -2.12. The minimum Gasteiger partial charge on any atom is -0.0890 e. The third kappa shape index (κ3) is 2.32. The van der Waals surface area contributed by atoms with Crippen LogP contribution in [0.1, 0.15) is 0 Å². The van der Waals surface area contributed by atoms with Crippen molar-refractivity contribution in [2.24, 2.45) is 0 Å². The lowest BCUT2D eigenvalue weighted by atomic mass is 9.84. The Balaban J connectivity index is 2.21. The van der Waals surface area contributed by atoms with Crippen LogP contribution in [0.25, 0.3) is 22.3 Å². The van der Waals surface area contributed by atoms with Crippen molar-refractivity contribution >= 4 is 13.3 Å². The Morgan fingerprint density at radius 1 is 0.474 bits per heavy atom. The normalized spacial score (nSPS) is 10.3. The summed E-state index contributed by atoms with van der Waals surface area (Å²) in [5.41, 5.74) is 5.49. The first-order valence-electron chi connectivity index (χ1n) is 6.35. The highest BCUT2D eigenvalue weighted by atomic mass is 14.1. The standard InChI is InChI=1S/C18H13B/c19-18-13-7-6-12-17(18)16-11-5-4-10-15(16)14-8-2-1-3-9-14/h1-13H. The number of benzene rings is 3. The fraction of sp³-hybridized carbons (Fsp3) is 0. The fourth-order valence-corrected chi connectivity index (χ4v) is 2.33. The van der Waals surface area contributed by atoms with Gasteiger partial charge in [0.1, 0.15) is 7.85 Å². The highest BCUT2D eigenvalue weighted by Crippen LogP contribution is 2.30. The maximum atomic E-state index is 6.10. The van der Waals surface area contributed by atoms with E-state index in [9.17, 15) is 0 Å². The zero-order valence-electron chi connectivity index (χ0n) is 10.6. The van der Waals surface area contributed by atoms with Gasteiger partial charge >= 0.3 is 0 Å². The molecule has 3 rings (SSSR count). The van der Waals surface area contributed by atoms with E-state index in [2.05, 4.69) is 48.5 Å². The predicted molar refractivity (Wildman–Crippen MR) is 82.7 cm³/mol. The summed E-state index contributed by atoms with van der Waals surface area (Å²) < 4.78 is 0. The van der Waals surface area contributed by atoms with E-state index in [-0.39, 0.29) is 0 Å². The second-order valence-corrected chi connectivity index (χ2v) is 4.50. The molecule has 0 aliphatic heterocycles. The van der Waals surface area contributed by atoms with Gasteiger partial charge < -0.3 is 0 Å². The molecule has 88 valence electrons. The van der Waals surface area contributed by atoms with Crippen molar-refractivity contribution in [1.82, 2.24) is 0 Å². The number of rotatable bonds is 2. The molecule has 0 aromatic heterocycles. The van der Waals surface area contributed by atoms with Gasteiger partial charge in [-0.3, -0.25) is 0 Å². The molecule has 1 heteroatoms. The van der Waals surface area contributed by atoms with Crippen molar-refractivity contribution in [3.63, 3.8) is 0 Å². The van der Waals surface area contributed by atoms with E-state index in [0.29, 0.717) is 0 Å². The molecule has 0 heterocycles. The monoisotopic (exact) mass is 240 g/mol. The molecule has 3 aromatic rings. The lowest BCUT2D eigenvalue weighted by Crippen LogP contribution is -2.05. The van der Waals surface area contributed by atoms with Crippen molar-refractivity contribution in [3.05, 3.63) is 78.9 Å². The van der Waals surface area contributed by atoms with Gasteiger partial charge in [-0.1, -0.05) is 84.3 Å². The van der Waals surface area contributed by atoms with E-state index in [0.717, 1.165) is 11.0 Å². The molecule has 0 amide bonds. The van der Waals surface area contributed by atoms with E-state index in [4.69, 9.17) is 7.85 Å². The molecule has 0 unspecified atom stereocenters. The lowest BCUT2D eigenvalue weighted by molar-refractivity contribution is 1.59. The summed E-state index contributed by atoms with van der Waals surface area (Å²) in [7, 11) is 6.10. The molecule has 0 aliphatic rings. The smallest absolute Gasteiger partial charge is 0.0890 e. The first-order chi connectivity index (χ1) is 9.36. The second-order valence-electron chi connectivity index (χ2n) is 4.50. The molecular weight excluding hydrogens is 227 g/mol. The topological polar surface area (TPSA) is 0 Å². The molecule has 0 saturated heterocycles. The molecule has 0 aliphatic carbocycles. The quantitative estimate of drug-likeness (QED) is 0.597. The van der Waals surface area contributed by atoms with Gasteiger partial charge in [0.2, 0.25) is 0 Å². The Kier molecular flexibility index (Phi) is 3.20. The maximum absolute atomic E-state index is 6.10. The van der Waals surface area contributed by atoms with Gasteiger partial charge in [-0.05, 0) is 22.3 Å². The van der Waals surface area contributed by atoms with Crippen molar-refractivity contribution in [1.29, 1.82) is 0 Å². The van der Waals surface area contributed by atoms with E-state index in [1.807, 2.05) is 30.3 Å². The average molecular weight is 240 g/mol. The van der Waals surface area contributed by atoms with Gasteiger partial charge in [-0.25, -0.2) is 0 Å². The van der Waals surface area contributed by atoms with Crippen LogP contribution in [0, 0.1) is 0 Å². The third-order valence-electron chi connectivity index (χ3n) is 3.26. The van der Waals surface area contributed by atoms with E-state index >= 15 is 0 Å². The number of hydrogen-bond acceptors (Lipinski definition) is 0. The van der Waals surface area contributed by atoms with Gasteiger partial charge in [-0.15, -0.1) is 0 Å². The Morgan fingerprint density at radius 2 is 1.00 bits per heavy atom. The van der Waals surface area contributed by atoms with Gasteiger partial charge in [0.15, 0.2) is 0 Å². The van der Waals surface area contributed by atoms with Crippen LogP contribution < -0.4 is 5.46 Å². The Bertz CT molecular complexity index is 687. The summed E-state index contributed by atoms with van der Waals surface area (Å²) in [5, 5.41) is 0. The maximum Gasteiger partial charge on any atom is 0.114 e. The van der Waals surface area contributed by atoms with Gasteiger partial charge in [-0.2, -0.15) is 0 Å². The third-order valence-corrected chi connectivity index (χ3v) is 3.26. The van der Waals surface area contributed by atoms with Crippen LogP contribution in [0.5, 0.6) is 0 Å². The molecule has 0 fully saturated rings. The molecule has 0 bridgehead atoms. The summed E-state index contributed by atoms with van der Waals surface area (Å²) in [5.74, 6) is 0. The summed E-state index contributed by atoms with van der Waals surface area (Å²) in [4.78, 5) is 0. The molecule has 0 N–H and O–H groups in total. The molecular formula is C18H13B. The van der Waals surface area contributed by atoms with Crippen LogP contribution in [0.4, 0.5) is 0 Å².